The lowest BCUT2D eigenvalue weighted by Gasteiger charge is -2.34. The standard InChI is InChI=1S/C25H38N4O7/c1-8-11-29(23(33)18(13-19(26)30)28-24(34)36-25(4,5)6)21(22(32)27-14-20(31)35-7)17-10-9-15(2)12-16(17)3/h9-10,12,18,21H,8,11,13-14H2,1-7H3,(H2,26,30)(H,27,32)(H,28,34). The van der Waals surface area contributed by atoms with Gasteiger partial charge in [0, 0.05) is 6.54 Å². The fraction of sp³-hybridized carbons (Fsp3) is 0.560. The zero-order chi connectivity index (χ0) is 27.6. The summed E-state index contributed by atoms with van der Waals surface area (Å²) in [5.41, 5.74) is 6.74. The molecule has 0 bridgehead atoms. The number of carbonyl (C=O) groups excluding carboxylic acids is 5. The SMILES string of the molecule is CCCN(C(=O)C(CC(N)=O)NC(=O)OC(C)(C)C)C(C(=O)NCC(=O)OC)c1ccc(C)cc1C. The molecule has 200 valence electrons. The van der Waals surface area contributed by atoms with Crippen LogP contribution in [0.15, 0.2) is 18.2 Å². The minimum atomic E-state index is -1.37. The van der Waals surface area contributed by atoms with E-state index in [1.54, 1.807) is 39.8 Å². The predicted molar refractivity (Wildman–Crippen MR) is 133 cm³/mol. The van der Waals surface area contributed by atoms with Crippen molar-refractivity contribution in [3.05, 3.63) is 34.9 Å². The van der Waals surface area contributed by atoms with Gasteiger partial charge in [-0.1, -0.05) is 30.7 Å². The van der Waals surface area contributed by atoms with Crippen molar-refractivity contribution >= 4 is 29.8 Å². The Morgan fingerprint density at radius 1 is 1.11 bits per heavy atom. The fourth-order valence-corrected chi connectivity index (χ4v) is 3.57. The third-order valence-electron chi connectivity index (χ3n) is 5.06. The number of amides is 4. The second-order valence-electron chi connectivity index (χ2n) is 9.46. The van der Waals surface area contributed by atoms with Gasteiger partial charge in [0.15, 0.2) is 0 Å². The molecular weight excluding hydrogens is 468 g/mol. The molecule has 1 aromatic rings. The number of carbonyl (C=O) groups is 5. The van der Waals surface area contributed by atoms with Crippen LogP contribution in [-0.4, -0.2) is 66.5 Å². The highest BCUT2D eigenvalue weighted by molar-refractivity contribution is 5.95. The fourth-order valence-electron chi connectivity index (χ4n) is 3.57. The lowest BCUT2D eigenvalue weighted by atomic mass is 9.96. The van der Waals surface area contributed by atoms with E-state index in [0.717, 1.165) is 11.1 Å². The highest BCUT2D eigenvalue weighted by atomic mass is 16.6. The molecule has 2 atom stereocenters. The number of alkyl carbamates (subject to hydrolysis) is 1. The molecule has 0 saturated heterocycles. The Labute approximate surface area is 212 Å². The minimum absolute atomic E-state index is 0.119. The molecule has 11 heteroatoms. The van der Waals surface area contributed by atoms with Crippen LogP contribution >= 0.6 is 0 Å². The van der Waals surface area contributed by atoms with E-state index in [1.165, 1.54) is 12.0 Å². The van der Waals surface area contributed by atoms with Gasteiger partial charge in [-0.2, -0.15) is 0 Å². The Balaban J connectivity index is 3.49. The van der Waals surface area contributed by atoms with E-state index in [-0.39, 0.29) is 6.54 Å². The summed E-state index contributed by atoms with van der Waals surface area (Å²) in [4.78, 5) is 64.2. The van der Waals surface area contributed by atoms with Crippen LogP contribution in [0.4, 0.5) is 4.79 Å². The number of hydrogen-bond donors (Lipinski definition) is 3. The van der Waals surface area contributed by atoms with Crippen molar-refractivity contribution in [1.29, 1.82) is 0 Å². The van der Waals surface area contributed by atoms with Gasteiger partial charge < -0.3 is 30.7 Å². The molecule has 1 aromatic carbocycles. The molecular formula is C25H38N4O7. The number of nitrogens with one attached hydrogen (secondary N) is 2. The number of benzene rings is 1. The molecule has 36 heavy (non-hydrogen) atoms. The summed E-state index contributed by atoms with van der Waals surface area (Å²) in [7, 11) is 1.19. The molecule has 4 N–H and O–H groups in total. The number of hydrogen-bond acceptors (Lipinski definition) is 7. The second kappa shape index (κ2) is 13.5. The topological polar surface area (TPSA) is 157 Å². The molecule has 0 fully saturated rings. The number of nitrogens with zero attached hydrogens (tertiary/aromatic N) is 1. The number of rotatable bonds is 11. The molecule has 11 nitrogen and oxygen atoms in total. The van der Waals surface area contributed by atoms with Gasteiger partial charge >= 0.3 is 12.1 Å². The molecule has 0 heterocycles. The Hall–Kier alpha value is -3.63. The smallest absolute Gasteiger partial charge is 0.408 e. The van der Waals surface area contributed by atoms with Gasteiger partial charge in [0.1, 0.15) is 24.2 Å². The van der Waals surface area contributed by atoms with Gasteiger partial charge in [-0.25, -0.2) is 4.79 Å². The summed E-state index contributed by atoms with van der Waals surface area (Å²) in [6, 6.07) is 2.87. The molecule has 0 saturated carbocycles. The Bertz CT molecular complexity index is 972. The first-order chi connectivity index (χ1) is 16.7. The molecule has 0 aliphatic rings. The third kappa shape index (κ3) is 9.55. The van der Waals surface area contributed by atoms with Crippen molar-refractivity contribution in [2.24, 2.45) is 5.73 Å². The maximum Gasteiger partial charge on any atom is 0.408 e. The van der Waals surface area contributed by atoms with Crippen LogP contribution in [0.1, 0.15) is 63.3 Å². The van der Waals surface area contributed by atoms with Crippen molar-refractivity contribution in [2.75, 3.05) is 20.2 Å². The van der Waals surface area contributed by atoms with E-state index in [2.05, 4.69) is 15.4 Å². The average Bonchev–Trinajstić information content (AvgIpc) is 2.75. The summed E-state index contributed by atoms with van der Waals surface area (Å²) in [5, 5.41) is 4.92. The second-order valence-corrected chi connectivity index (χ2v) is 9.46. The first-order valence-corrected chi connectivity index (χ1v) is 11.7. The van der Waals surface area contributed by atoms with Crippen molar-refractivity contribution in [1.82, 2.24) is 15.5 Å². The lowest BCUT2D eigenvalue weighted by Crippen LogP contribution is -2.54. The van der Waals surface area contributed by atoms with Crippen molar-refractivity contribution < 1.29 is 33.4 Å². The van der Waals surface area contributed by atoms with Gasteiger partial charge in [-0.3, -0.25) is 19.2 Å². The van der Waals surface area contributed by atoms with E-state index in [4.69, 9.17) is 10.5 Å². The summed E-state index contributed by atoms with van der Waals surface area (Å²) < 4.78 is 9.84. The molecule has 0 radical (unpaired) electrons. The Kier molecular flexibility index (Phi) is 11.4. The minimum Gasteiger partial charge on any atom is -0.468 e. The number of primary amides is 1. The first-order valence-electron chi connectivity index (χ1n) is 11.7. The highest BCUT2D eigenvalue weighted by Gasteiger charge is 2.37. The molecule has 0 spiro atoms. The van der Waals surface area contributed by atoms with Crippen LogP contribution in [-0.2, 0) is 28.7 Å². The zero-order valence-corrected chi connectivity index (χ0v) is 22.1. The van der Waals surface area contributed by atoms with Crippen LogP contribution in [0.5, 0.6) is 0 Å². The van der Waals surface area contributed by atoms with Crippen LogP contribution in [0, 0.1) is 13.8 Å². The van der Waals surface area contributed by atoms with E-state index in [0.29, 0.717) is 12.0 Å². The summed E-state index contributed by atoms with van der Waals surface area (Å²) in [6.45, 7) is 10.2. The zero-order valence-electron chi connectivity index (χ0n) is 22.1. The monoisotopic (exact) mass is 506 g/mol. The average molecular weight is 507 g/mol. The predicted octanol–water partition coefficient (Wildman–Crippen LogP) is 1.64. The van der Waals surface area contributed by atoms with E-state index >= 15 is 0 Å². The molecule has 4 amide bonds. The maximum atomic E-state index is 13.7. The van der Waals surface area contributed by atoms with Crippen LogP contribution in [0.2, 0.25) is 0 Å². The Morgan fingerprint density at radius 3 is 2.25 bits per heavy atom. The van der Waals surface area contributed by atoms with E-state index in [9.17, 15) is 24.0 Å². The third-order valence-corrected chi connectivity index (χ3v) is 5.06. The summed E-state index contributed by atoms with van der Waals surface area (Å²) in [6.07, 6.45) is -0.939. The van der Waals surface area contributed by atoms with Gasteiger partial charge in [0.2, 0.25) is 17.7 Å². The highest BCUT2D eigenvalue weighted by Crippen LogP contribution is 2.27. The number of ether oxygens (including phenoxy) is 2. The quantitative estimate of drug-likeness (QED) is 0.385. The number of aryl methyl sites for hydroxylation is 2. The number of methoxy groups -OCH3 is 1. The number of esters is 1. The first kappa shape index (κ1) is 30.4. The van der Waals surface area contributed by atoms with Gasteiger partial charge in [0.05, 0.1) is 13.5 Å². The molecule has 0 aliphatic heterocycles. The molecule has 1 rings (SSSR count). The van der Waals surface area contributed by atoms with Crippen LogP contribution in [0.25, 0.3) is 0 Å². The van der Waals surface area contributed by atoms with Crippen molar-refractivity contribution in [3.8, 4) is 0 Å². The van der Waals surface area contributed by atoms with Gasteiger partial charge in [-0.05, 0) is 52.2 Å². The normalized spacial score (nSPS) is 12.6. The lowest BCUT2D eigenvalue weighted by molar-refractivity contribution is -0.145. The van der Waals surface area contributed by atoms with E-state index in [1.807, 2.05) is 19.9 Å². The van der Waals surface area contributed by atoms with Crippen molar-refractivity contribution in [3.63, 3.8) is 0 Å². The van der Waals surface area contributed by atoms with Gasteiger partial charge in [0.25, 0.3) is 0 Å². The summed E-state index contributed by atoms with van der Waals surface area (Å²) in [5.74, 6) is -2.79. The molecule has 0 aliphatic carbocycles. The van der Waals surface area contributed by atoms with Crippen molar-refractivity contribution in [2.45, 2.75) is 72.1 Å². The number of nitrogens with two attached hydrogens (primary N) is 1. The maximum absolute atomic E-state index is 13.7. The molecule has 2 unspecified atom stereocenters. The largest absolute Gasteiger partial charge is 0.468 e. The van der Waals surface area contributed by atoms with Gasteiger partial charge in [-0.15, -0.1) is 0 Å². The van der Waals surface area contributed by atoms with Crippen LogP contribution < -0.4 is 16.4 Å². The molecule has 0 aromatic heterocycles. The van der Waals surface area contributed by atoms with E-state index < -0.39 is 60.4 Å². The summed E-state index contributed by atoms with van der Waals surface area (Å²) >= 11 is 0. The Morgan fingerprint density at radius 2 is 1.75 bits per heavy atom. The van der Waals surface area contributed by atoms with Crippen LogP contribution in [0.3, 0.4) is 0 Å².